The van der Waals surface area contributed by atoms with E-state index in [-0.39, 0.29) is 12.6 Å². The van der Waals surface area contributed by atoms with Gasteiger partial charge in [0.25, 0.3) is 0 Å². The highest BCUT2D eigenvalue weighted by Crippen LogP contribution is 2.37. The Labute approximate surface area is 194 Å². The van der Waals surface area contributed by atoms with Crippen LogP contribution in [0.15, 0.2) is 65.0 Å². The smallest absolute Gasteiger partial charge is 0.338 e. The largest absolute Gasteiger partial charge is 0.463 e. The van der Waals surface area contributed by atoms with Crippen molar-refractivity contribution in [2.24, 2.45) is 0 Å². The first kappa shape index (κ1) is 21.7. The molecule has 1 atom stereocenters. The van der Waals surface area contributed by atoms with Crippen molar-refractivity contribution in [3.8, 4) is 0 Å². The molecule has 2 aromatic carbocycles. The van der Waals surface area contributed by atoms with Crippen LogP contribution in [0.1, 0.15) is 31.0 Å². The number of thioether (sulfide) groups is 1. The Balaban J connectivity index is 1.67. The van der Waals surface area contributed by atoms with Crippen LogP contribution in [0.25, 0.3) is 0 Å². The first-order chi connectivity index (χ1) is 15.0. The molecule has 6 nitrogen and oxygen atoms in total. The number of carbonyl (C=O) groups is 1. The van der Waals surface area contributed by atoms with Crippen molar-refractivity contribution in [3.05, 3.63) is 81.0 Å². The monoisotopic (exact) mass is 474 g/mol. The first-order valence-electron chi connectivity index (χ1n) is 9.70. The maximum Gasteiger partial charge on any atom is 0.338 e. The van der Waals surface area contributed by atoms with E-state index in [4.69, 9.17) is 33.0 Å². The highest BCUT2D eigenvalue weighted by Gasteiger charge is 2.35. The summed E-state index contributed by atoms with van der Waals surface area (Å²) in [5.74, 6) is 0.886. The number of esters is 1. The molecule has 1 aliphatic rings. The summed E-state index contributed by atoms with van der Waals surface area (Å²) in [5, 5.41) is 9.82. The zero-order valence-corrected chi connectivity index (χ0v) is 19.3. The molecule has 9 heteroatoms. The lowest BCUT2D eigenvalue weighted by Crippen LogP contribution is -2.29. The topological polar surface area (TPSA) is 69.0 Å². The van der Waals surface area contributed by atoms with Gasteiger partial charge in [-0.15, -0.1) is 5.10 Å². The molecule has 1 aromatic heterocycles. The number of ether oxygens (including phenoxy) is 1. The van der Waals surface area contributed by atoms with Crippen molar-refractivity contribution >= 4 is 46.9 Å². The Morgan fingerprint density at radius 3 is 2.42 bits per heavy atom. The van der Waals surface area contributed by atoms with Gasteiger partial charge in [-0.2, -0.15) is 4.98 Å². The van der Waals surface area contributed by atoms with Crippen LogP contribution in [-0.4, -0.2) is 27.3 Å². The van der Waals surface area contributed by atoms with E-state index in [2.05, 4.69) is 10.3 Å². The van der Waals surface area contributed by atoms with Crippen LogP contribution in [0.3, 0.4) is 0 Å². The number of anilines is 1. The predicted molar refractivity (Wildman–Crippen MR) is 124 cm³/mol. The molecule has 0 spiro atoms. The number of hydrogen-bond donors (Lipinski definition) is 1. The van der Waals surface area contributed by atoms with E-state index in [1.54, 1.807) is 23.7 Å². The number of halogens is 2. The summed E-state index contributed by atoms with van der Waals surface area (Å²) in [5.41, 5.74) is 3.17. The number of hydrogen-bond acceptors (Lipinski definition) is 6. The average Bonchev–Trinajstić information content (AvgIpc) is 3.15. The second kappa shape index (κ2) is 9.34. The second-order valence-corrected chi connectivity index (χ2v) is 8.73. The van der Waals surface area contributed by atoms with Crippen molar-refractivity contribution in [1.82, 2.24) is 14.8 Å². The van der Waals surface area contributed by atoms with Gasteiger partial charge in [-0.1, -0.05) is 59.2 Å². The number of allylic oxidation sites excluding steroid dienone is 1. The van der Waals surface area contributed by atoms with E-state index in [0.29, 0.717) is 38.2 Å². The Morgan fingerprint density at radius 2 is 1.77 bits per heavy atom. The van der Waals surface area contributed by atoms with E-state index in [1.165, 1.54) is 11.8 Å². The van der Waals surface area contributed by atoms with Gasteiger partial charge in [-0.05, 0) is 49.2 Å². The molecule has 0 radical (unpaired) electrons. The Hall–Kier alpha value is -2.48. The molecule has 2 heterocycles. The molecule has 0 aliphatic carbocycles. The third-order valence-corrected chi connectivity index (χ3v) is 6.21. The van der Waals surface area contributed by atoms with E-state index in [0.717, 1.165) is 11.1 Å². The Kier molecular flexibility index (Phi) is 6.55. The molecule has 3 aromatic rings. The van der Waals surface area contributed by atoms with Crippen molar-refractivity contribution < 1.29 is 9.53 Å². The quantitative estimate of drug-likeness (QED) is 0.363. The SMILES string of the molecule is CCOC(=O)C1=C(C)Nc2nc(SCc3ccc(Cl)cc3)nn2[C@H]1c1ccc(Cl)cc1. The molecule has 0 saturated heterocycles. The van der Waals surface area contributed by atoms with E-state index < -0.39 is 6.04 Å². The molecular formula is C22H20Cl2N4O2S. The van der Waals surface area contributed by atoms with Crippen LogP contribution in [-0.2, 0) is 15.3 Å². The summed E-state index contributed by atoms with van der Waals surface area (Å²) in [6.07, 6.45) is 0. The molecule has 31 heavy (non-hydrogen) atoms. The standard InChI is InChI=1S/C22H20Cl2N4O2S/c1-3-30-20(29)18-13(2)25-21-26-22(31-12-14-4-8-16(23)9-5-14)27-28(21)19(18)15-6-10-17(24)11-7-15/h4-11,19H,3,12H2,1-2H3,(H,25,26,27)/t19-/m0/s1. The molecular weight excluding hydrogens is 455 g/mol. The van der Waals surface area contributed by atoms with Gasteiger partial charge in [-0.25, -0.2) is 9.48 Å². The van der Waals surface area contributed by atoms with Crippen LogP contribution >= 0.6 is 35.0 Å². The summed E-state index contributed by atoms with van der Waals surface area (Å²) >= 11 is 13.6. The number of rotatable bonds is 6. The van der Waals surface area contributed by atoms with Gasteiger partial charge in [0.1, 0.15) is 6.04 Å². The predicted octanol–water partition coefficient (Wildman–Crippen LogP) is 5.73. The fourth-order valence-corrected chi connectivity index (χ4v) is 4.38. The lowest BCUT2D eigenvalue weighted by atomic mass is 9.96. The summed E-state index contributed by atoms with van der Waals surface area (Å²) in [7, 11) is 0. The number of fused-ring (bicyclic) bond motifs is 1. The molecule has 1 N–H and O–H groups in total. The highest BCUT2D eigenvalue weighted by atomic mass is 35.5. The van der Waals surface area contributed by atoms with Crippen molar-refractivity contribution in [2.45, 2.75) is 30.8 Å². The lowest BCUT2D eigenvalue weighted by Gasteiger charge is -2.28. The van der Waals surface area contributed by atoms with Crippen molar-refractivity contribution in [1.29, 1.82) is 0 Å². The number of nitrogens with zero attached hydrogens (tertiary/aromatic N) is 3. The average molecular weight is 475 g/mol. The van der Waals surface area contributed by atoms with Crippen LogP contribution in [0.4, 0.5) is 5.95 Å². The van der Waals surface area contributed by atoms with Crippen LogP contribution in [0.5, 0.6) is 0 Å². The van der Waals surface area contributed by atoms with Crippen LogP contribution < -0.4 is 5.32 Å². The molecule has 0 saturated carbocycles. The van der Waals surface area contributed by atoms with Crippen LogP contribution in [0, 0.1) is 0 Å². The number of carbonyl (C=O) groups excluding carboxylic acids is 1. The minimum Gasteiger partial charge on any atom is -0.463 e. The normalized spacial score (nSPS) is 15.4. The highest BCUT2D eigenvalue weighted by molar-refractivity contribution is 7.98. The molecule has 4 rings (SSSR count). The zero-order valence-electron chi connectivity index (χ0n) is 16.9. The second-order valence-electron chi connectivity index (χ2n) is 6.92. The molecule has 0 fully saturated rings. The molecule has 0 amide bonds. The molecule has 0 unspecified atom stereocenters. The van der Waals surface area contributed by atoms with Crippen LogP contribution in [0.2, 0.25) is 10.0 Å². The summed E-state index contributed by atoms with van der Waals surface area (Å²) in [6.45, 7) is 3.91. The van der Waals surface area contributed by atoms with E-state index >= 15 is 0 Å². The minimum atomic E-state index is -0.468. The third-order valence-electron chi connectivity index (χ3n) is 4.80. The number of aromatic nitrogens is 3. The van der Waals surface area contributed by atoms with Gasteiger partial charge >= 0.3 is 5.97 Å². The van der Waals surface area contributed by atoms with Gasteiger partial charge < -0.3 is 10.1 Å². The fourth-order valence-electron chi connectivity index (χ4n) is 3.35. The van der Waals surface area contributed by atoms with Crippen molar-refractivity contribution in [2.75, 3.05) is 11.9 Å². The first-order valence-corrected chi connectivity index (χ1v) is 11.4. The van der Waals surface area contributed by atoms with Gasteiger partial charge in [0.15, 0.2) is 0 Å². The molecule has 0 bridgehead atoms. The van der Waals surface area contributed by atoms with Gasteiger partial charge in [0.2, 0.25) is 11.1 Å². The van der Waals surface area contributed by atoms with Crippen molar-refractivity contribution in [3.63, 3.8) is 0 Å². The lowest BCUT2D eigenvalue weighted by molar-refractivity contribution is -0.139. The molecule has 160 valence electrons. The number of benzene rings is 2. The van der Waals surface area contributed by atoms with E-state index in [9.17, 15) is 4.79 Å². The maximum absolute atomic E-state index is 12.8. The summed E-state index contributed by atoms with van der Waals surface area (Å²) < 4.78 is 7.05. The minimum absolute atomic E-state index is 0.287. The number of nitrogens with one attached hydrogen (secondary N) is 1. The third kappa shape index (κ3) is 4.74. The Bertz CT molecular complexity index is 1130. The zero-order chi connectivity index (χ0) is 22.0. The van der Waals surface area contributed by atoms with E-state index in [1.807, 2.05) is 43.3 Å². The van der Waals surface area contributed by atoms with Gasteiger partial charge in [-0.3, -0.25) is 0 Å². The van der Waals surface area contributed by atoms with Gasteiger partial charge in [0, 0.05) is 21.5 Å². The maximum atomic E-state index is 12.8. The van der Waals surface area contributed by atoms with Gasteiger partial charge in [0.05, 0.1) is 12.2 Å². The fraction of sp³-hybridized carbons (Fsp3) is 0.227. The summed E-state index contributed by atoms with van der Waals surface area (Å²) in [4.78, 5) is 17.4. The molecule has 1 aliphatic heterocycles. The Morgan fingerprint density at radius 1 is 1.13 bits per heavy atom. The summed E-state index contributed by atoms with van der Waals surface area (Å²) in [6, 6.07) is 14.6.